The molecule has 2 rings (SSSR count). The number of pyridine rings is 1. The minimum absolute atomic E-state index is 0.340. The summed E-state index contributed by atoms with van der Waals surface area (Å²) in [4.78, 5) is 15.9. The molecule has 0 aliphatic heterocycles. The van der Waals surface area contributed by atoms with Crippen molar-refractivity contribution in [3.63, 3.8) is 0 Å². The quantitative estimate of drug-likeness (QED) is 0.827. The van der Waals surface area contributed by atoms with Crippen molar-refractivity contribution in [2.24, 2.45) is 5.92 Å². The van der Waals surface area contributed by atoms with Crippen molar-refractivity contribution in [2.45, 2.75) is 45.1 Å². The fraction of sp³-hybridized carbons (Fsp3) is 0.600. The average Bonchev–Trinajstić information content (AvgIpc) is 2.49. The second-order valence-corrected chi connectivity index (χ2v) is 5.48. The monoisotopic (exact) mass is 277 g/mol. The van der Waals surface area contributed by atoms with E-state index in [9.17, 15) is 4.79 Å². The van der Waals surface area contributed by atoms with Gasteiger partial charge in [-0.25, -0.2) is 9.78 Å². The molecule has 0 saturated heterocycles. The van der Waals surface area contributed by atoms with E-state index in [1.807, 2.05) is 0 Å². The Morgan fingerprint density at radius 2 is 2.15 bits per heavy atom. The number of methoxy groups -OCH3 is 1. The SMILES string of the molecule is COC(=O)c1cc(NC(C)C2CCCCC2)ncc1N. The van der Waals surface area contributed by atoms with E-state index in [1.54, 1.807) is 6.07 Å². The molecule has 1 aromatic rings. The molecule has 1 unspecified atom stereocenters. The highest BCUT2D eigenvalue weighted by Gasteiger charge is 2.21. The molecule has 1 aliphatic carbocycles. The number of rotatable bonds is 4. The molecule has 1 aromatic heterocycles. The number of aromatic nitrogens is 1. The summed E-state index contributed by atoms with van der Waals surface area (Å²) in [5.41, 5.74) is 6.45. The van der Waals surface area contributed by atoms with Crippen LogP contribution in [0.3, 0.4) is 0 Å². The highest BCUT2D eigenvalue weighted by molar-refractivity contribution is 5.95. The summed E-state index contributed by atoms with van der Waals surface area (Å²) >= 11 is 0. The summed E-state index contributed by atoms with van der Waals surface area (Å²) in [6.45, 7) is 2.17. The Kier molecular flexibility index (Phi) is 4.82. The third kappa shape index (κ3) is 3.40. The van der Waals surface area contributed by atoms with E-state index in [4.69, 9.17) is 10.5 Å². The predicted molar refractivity (Wildman–Crippen MR) is 79.6 cm³/mol. The van der Waals surface area contributed by atoms with E-state index in [0.717, 1.165) is 0 Å². The summed E-state index contributed by atoms with van der Waals surface area (Å²) in [6, 6.07) is 2.01. The fourth-order valence-electron chi connectivity index (χ4n) is 2.82. The van der Waals surface area contributed by atoms with Gasteiger partial charge in [-0.2, -0.15) is 0 Å². The highest BCUT2D eigenvalue weighted by Crippen LogP contribution is 2.28. The van der Waals surface area contributed by atoms with Crippen LogP contribution in [0.2, 0.25) is 0 Å². The minimum atomic E-state index is -0.432. The number of hydrogen-bond acceptors (Lipinski definition) is 5. The van der Waals surface area contributed by atoms with Crippen LogP contribution >= 0.6 is 0 Å². The summed E-state index contributed by atoms with van der Waals surface area (Å²) < 4.78 is 4.72. The lowest BCUT2D eigenvalue weighted by molar-refractivity contribution is 0.0602. The first-order valence-electron chi connectivity index (χ1n) is 7.22. The van der Waals surface area contributed by atoms with Crippen molar-refractivity contribution < 1.29 is 9.53 Å². The molecule has 0 spiro atoms. The molecule has 110 valence electrons. The molecule has 1 saturated carbocycles. The van der Waals surface area contributed by atoms with Crippen LogP contribution in [0, 0.1) is 5.92 Å². The molecule has 1 atom stereocenters. The van der Waals surface area contributed by atoms with Crippen LogP contribution in [0.5, 0.6) is 0 Å². The maximum Gasteiger partial charge on any atom is 0.340 e. The topological polar surface area (TPSA) is 77.2 Å². The van der Waals surface area contributed by atoms with Crippen molar-refractivity contribution in [3.8, 4) is 0 Å². The molecule has 5 heteroatoms. The maximum atomic E-state index is 11.6. The van der Waals surface area contributed by atoms with Gasteiger partial charge in [0.05, 0.1) is 24.6 Å². The van der Waals surface area contributed by atoms with Crippen LogP contribution in [-0.2, 0) is 4.74 Å². The lowest BCUT2D eigenvalue weighted by Crippen LogP contribution is -2.28. The van der Waals surface area contributed by atoms with Gasteiger partial charge in [0, 0.05) is 6.04 Å². The Hall–Kier alpha value is -1.78. The van der Waals surface area contributed by atoms with Gasteiger partial charge in [0.25, 0.3) is 0 Å². The van der Waals surface area contributed by atoms with E-state index >= 15 is 0 Å². The zero-order valence-electron chi connectivity index (χ0n) is 12.2. The van der Waals surface area contributed by atoms with E-state index in [0.29, 0.717) is 29.0 Å². The maximum absolute atomic E-state index is 11.6. The summed E-state index contributed by atoms with van der Waals surface area (Å²) in [5.74, 6) is 0.917. The summed E-state index contributed by atoms with van der Waals surface area (Å²) in [5, 5.41) is 3.38. The molecular formula is C15H23N3O2. The second kappa shape index (κ2) is 6.59. The van der Waals surface area contributed by atoms with E-state index < -0.39 is 5.97 Å². The number of nitrogens with zero attached hydrogens (tertiary/aromatic N) is 1. The fourth-order valence-corrected chi connectivity index (χ4v) is 2.82. The number of anilines is 2. The van der Waals surface area contributed by atoms with Crippen LogP contribution in [0.25, 0.3) is 0 Å². The Bertz CT molecular complexity index is 470. The van der Waals surface area contributed by atoms with Gasteiger partial charge in [-0.05, 0) is 31.7 Å². The molecule has 0 aromatic carbocycles. The first-order chi connectivity index (χ1) is 9.61. The standard InChI is InChI=1S/C15H23N3O2/c1-10(11-6-4-3-5-7-11)18-14-8-12(15(19)20-2)13(16)9-17-14/h8-11H,3-7,16H2,1-2H3,(H,17,18). The first kappa shape index (κ1) is 14.6. The van der Waals surface area contributed by atoms with Crippen molar-refractivity contribution in [2.75, 3.05) is 18.2 Å². The Morgan fingerprint density at radius 1 is 1.45 bits per heavy atom. The molecule has 1 aliphatic rings. The molecule has 20 heavy (non-hydrogen) atoms. The Morgan fingerprint density at radius 3 is 2.80 bits per heavy atom. The van der Waals surface area contributed by atoms with Crippen molar-refractivity contribution >= 4 is 17.5 Å². The summed E-state index contributed by atoms with van der Waals surface area (Å²) in [6.07, 6.45) is 7.97. The number of esters is 1. The predicted octanol–water partition coefficient (Wildman–Crippen LogP) is 2.83. The van der Waals surface area contributed by atoms with Crippen LogP contribution in [0.4, 0.5) is 11.5 Å². The van der Waals surface area contributed by atoms with Gasteiger partial charge in [0.1, 0.15) is 5.82 Å². The number of hydrogen-bond donors (Lipinski definition) is 2. The zero-order chi connectivity index (χ0) is 14.5. The van der Waals surface area contributed by atoms with Gasteiger partial charge in [-0.1, -0.05) is 19.3 Å². The van der Waals surface area contributed by atoms with Crippen molar-refractivity contribution in [1.82, 2.24) is 4.98 Å². The first-order valence-corrected chi connectivity index (χ1v) is 7.22. The van der Waals surface area contributed by atoms with Crippen LogP contribution in [0.1, 0.15) is 49.4 Å². The number of ether oxygens (including phenoxy) is 1. The largest absolute Gasteiger partial charge is 0.465 e. The molecule has 1 fully saturated rings. The molecule has 0 amide bonds. The lowest BCUT2D eigenvalue weighted by atomic mass is 9.84. The van der Waals surface area contributed by atoms with Gasteiger partial charge < -0.3 is 15.8 Å². The van der Waals surface area contributed by atoms with Crippen LogP contribution in [-0.4, -0.2) is 24.1 Å². The second-order valence-electron chi connectivity index (χ2n) is 5.48. The summed E-state index contributed by atoms with van der Waals surface area (Å²) in [7, 11) is 1.35. The lowest BCUT2D eigenvalue weighted by Gasteiger charge is -2.28. The highest BCUT2D eigenvalue weighted by atomic mass is 16.5. The molecule has 3 N–H and O–H groups in total. The van der Waals surface area contributed by atoms with Gasteiger partial charge in [-0.3, -0.25) is 0 Å². The number of carbonyl (C=O) groups excluding carboxylic acids is 1. The van der Waals surface area contributed by atoms with Gasteiger partial charge in [0.2, 0.25) is 0 Å². The van der Waals surface area contributed by atoms with Gasteiger partial charge in [0.15, 0.2) is 0 Å². The minimum Gasteiger partial charge on any atom is -0.465 e. The molecule has 5 nitrogen and oxygen atoms in total. The molecular weight excluding hydrogens is 254 g/mol. The number of carbonyl (C=O) groups is 1. The van der Waals surface area contributed by atoms with Crippen LogP contribution in [0.15, 0.2) is 12.3 Å². The molecule has 0 bridgehead atoms. The van der Waals surface area contributed by atoms with E-state index in [-0.39, 0.29) is 0 Å². The molecule has 1 heterocycles. The average molecular weight is 277 g/mol. The van der Waals surface area contributed by atoms with Crippen LogP contribution < -0.4 is 11.1 Å². The van der Waals surface area contributed by atoms with Gasteiger partial charge >= 0.3 is 5.97 Å². The van der Waals surface area contributed by atoms with E-state index in [2.05, 4.69) is 17.2 Å². The number of nitrogens with one attached hydrogen (secondary N) is 1. The Labute approximate surface area is 119 Å². The normalized spacial score (nSPS) is 17.5. The third-order valence-corrected chi connectivity index (χ3v) is 4.07. The Balaban J connectivity index is 2.07. The van der Waals surface area contributed by atoms with Crippen molar-refractivity contribution in [1.29, 1.82) is 0 Å². The van der Waals surface area contributed by atoms with Gasteiger partial charge in [-0.15, -0.1) is 0 Å². The zero-order valence-corrected chi connectivity index (χ0v) is 12.2. The van der Waals surface area contributed by atoms with E-state index in [1.165, 1.54) is 45.4 Å². The van der Waals surface area contributed by atoms with Crippen molar-refractivity contribution in [3.05, 3.63) is 17.8 Å². The number of nitrogens with two attached hydrogens (primary N) is 1. The third-order valence-electron chi connectivity index (χ3n) is 4.07. The molecule has 0 radical (unpaired) electrons. The smallest absolute Gasteiger partial charge is 0.340 e. The number of nitrogen functional groups attached to an aromatic ring is 1.